The van der Waals surface area contributed by atoms with E-state index in [1.807, 2.05) is 18.2 Å². The van der Waals surface area contributed by atoms with Crippen LogP contribution in [0, 0.1) is 0 Å². The standard InChI is InChI=1S/C12H18BrNO2/c1-9(15)5-6-14-8-10-7-11(13)3-4-12(10)16-2/h3-4,7,9,14-15H,5-6,8H2,1-2H3. The molecular weight excluding hydrogens is 270 g/mol. The van der Waals surface area contributed by atoms with Gasteiger partial charge in [0.25, 0.3) is 0 Å². The first kappa shape index (κ1) is 13.5. The van der Waals surface area contributed by atoms with Crippen LogP contribution in [0.4, 0.5) is 0 Å². The summed E-state index contributed by atoms with van der Waals surface area (Å²) in [5.74, 6) is 0.882. The van der Waals surface area contributed by atoms with Gasteiger partial charge in [-0.2, -0.15) is 0 Å². The van der Waals surface area contributed by atoms with Gasteiger partial charge in [0.05, 0.1) is 13.2 Å². The number of nitrogens with one attached hydrogen (secondary N) is 1. The summed E-state index contributed by atoms with van der Waals surface area (Å²) in [5.41, 5.74) is 1.11. The maximum Gasteiger partial charge on any atom is 0.123 e. The molecule has 0 amide bonds. The molecule has 0 aromatic heterocycles. The monoisotopic (exact) mass is 287 g/mol. The second-order valence-electron chi connectivity index (χ2n) is 3.77. The van der Waals surface area contributed by atoms with Gasteiger partial charge in [-0.3, -0.25) is 0 Å². The van der Waals surface area contributed by atoms with Gasteiger partial charge in [0.2, 0.25) is 0 Å². The van der Waals surface area contributed by atoms with Crippen LogP contribution in [0.3, 0.4) is 0 Å². The molecule has 0 heterocycles. The van der Waals surface area contributed by atoms with E-state index in [1.54, 1.807) is 14.0 Å². The zero-order chi connectivity index (χ0) is 12.0. The van der Waals surface area contributed by atoms with Crippen LogP contribution in [0.25, 0.3) is 0 Å². The summed E-state index contributed by atoms with van der Waals surface area (Å²) in [5, 5.41) is 12.4. The molecule has 4 heteroatoms. The number of benzene rings is 1. The Hall–Kier alpha value is -0.580. The van der Waals surface area contributed by atoms with Crippen molar-refractivity contribution in [1.82, 2.24) is 5.32 Å². The van der Waals surface area contributed by atoms with Gasteiger partial charge < -0.3 is 15.2 Å². The molecule has 0 aliphatic rings. The number of hydrogen-bond acceptors (Lipinski definition) is 3. The summed E-state index contributed by atoms with van der Waals surface area (Å²) in [6.07, 6.45) is 0.507. The zero-order valence-electron chi connectivity index (χ0n) is 9.66. The normalized spacial score (nSPS) is 12.5. The van der Waals surface area contributed by atoms with Crippen LogP contribution in [-0.4, -0.2) is 24.9 Å². The van der Waals surface area contributed by atoms with E-state index in [0.717, 1.165) is 35.3 Å². The molecule has 0 fully saturated rings. The minimum absolute atomic E-state index is 0.253. The Bertz CT molecular complexity index is 329. The number of halogens is 1. The maximum absolute atomic E-state index is 9.12. The summed E-state index contributed by atoms with van der Waals surface area (Å²) in [4.78, 5) is 0. The molecule has 1 rings (SSSR count). The third kappa shape index (κ3) is 4.51. The van der Waals surface area contributed by atoms with E-state index in [9.17, 15) is 0 Å². The van der Waals surface area contributed by atoms with E-state index < -0.39 is 0 Å². The largest absolute Gasteiger partial charge is 0.496 e. The third-order valence-corrected chi connectivity index (χ3v) is 2.79. The number of hydrogen-bond donors (Lipinski definition) is 2. The lowest BCUT2D eigenvalue weighted by atomic mass is 10.2. The van der Waals surface area contributed by atoms with Crippen molar-refractivity contribution >= 4 is 15.9 Å². The Morgan fingerprint density at radius 2 is 2.25 bits per heavy atom. The van der Waals surface area contributed by atoms with Crippen LogP contribution >= 0.6 is 15.9 Å². The lowest BCUT2D eigenvalue weighted by Gasteiger charge is -2.10. The predicted octanol–water partition coefficient (Wildman–Crippen LogP) is 2.32. The smallest absolute Gasteiger partial charge is 0.123 e. The molecule has 2 N–H and O–H groups in total. The van der Waals surface area contributed by atoms with Crippen molar-refractivity contribution in [3.05, 3.63) is 28.2 Å². The summed E-state index contributed by atoms with van der Waals surface area (Å²) in [7, 11) is 1.67. The molecule has 1 aromatic rings. The van der Waals surface area contributed by atoms with E-state index in [4.69, 9.17) is 9.84 Å². The molecular formula is C12H18BrNO2. The molecule has 16 heavy (non-hydrogen) atoms. The molecule has 1 unspecified atom stereocenters. The second kappa shape index (κ2) is 6.89. The molecule has 1 aromatic carbocycles. The fourth-order valence-corrected chi connectivity index (χ4v) is 1.83. The SMILES string of the molecule is COc1ccc(Br)cc1CNCCC(C)O. The van der Waals surface area contributed by atoms with E-state index in [-0.39, 0.29) is 6.10 Å². The fourth-order valence-electron chi connectivity index (χ4n) is 1.42. The van der Waals surface area contributed by atoms with E-state index in [1.165, 1.54) is 0 Å². The predicted molar refractivity (Wildman–Crippen MR) is 68.7 cm³/mol. The molecule has 0 aliphatic heterocycles. The van der Waals surface area contributed by atoms with Crippen molar-refractivity contribution in [2.45, 2.75) is 26.0 Å². The number of rotatable bonds is 6. The highest BCUT2D eigenvalue weighted by atomic mass is 79.9. The van der Waals surface area contributed by atoms with Gasteiger partial charge in [0.15, 0.2) is 0 Å². The third-order valence-electron chi connectivity index (χ3n) is 2.30. The molecule has 0 radical (unpaired) electrons. The van der Waals surface area contributed by atoms with Crippen molar-refractivity contribution in [1.29, 1.82) is 0 Å². The van der Waals surface area contributed by atoms with Gasteiger partial charge in [-0.25, -0.2) is 0 Å². The Kier molecular flexibility index (Phi) is 5.80. The van der Waals surface area contributed by atoms with Crippen molar-refractivity contribution in [3.63, 3.8) is 0 Å². The molecule has 90 valence electrons. The minimum atomic E-state index is -0.253. The van der Waals surface area contributed by atoms with Crippen molar-refractivity contribution in [3.8, 4) is 5.75 Å². The lowest BCUT2D eigenvalue weighted by molar-refractivity contribution is 0.183. The zero-order valence-corrected chi connectivity index (χ0v) is 11.3. The summed E-state index contributed by atoms with van der Waals surface area (Å²) < 4.78 is 6.31. The van der Waals surface area contributed by atoms with Crippen molar-refractivity contribution < 1.29 is 9.84 Å². The Morgan fingerprint density at radius 1 is 1.50 bits per heavy atom. The highest BCUT2D eigenvalue weighted by Gasteiger charge is 2.03. The van der Waals surface area contributed by atoms with Gasteiger partial charge in [0.1, 0.15) is 5.75 Å². The van der Waals surface area contributed by atoms with Crippen LogP contribution in [0.2, 0.25) is 0 Å². The number of methoxy groups -OCH3 is 1. The fraction of sp³-hybridized carbons (Fsp3) is 0.500. The number of aliphatic hydroxyl groups excluding tert-OH is 1. The summed E-state index contributed by atoms with van der Waals surface area (Å²) >= 11 is 3.43. The first-order valence-corrected chi connectivity index (χ1v) is 6.14. The lowest BCUT2D eigenvalue weighted by Crippen LogP contribution is -2.19. The minimum Gasteiger partial charge on any atom is -0.496 e. The van der Waals surface area contributed by atoms with Crippen LogP contribution in [0.5, 0.6) is 5.75 Å². The quantitative estimate of drug-likeness (QED) is 0.789. The van der Waals surface area contributed by atoms with Crippen LogP contribution in [0.15, 0.2) is 22.7 Å². The first-order valence-electron chi connectivity index (χ1n) is 5.34. The van der Waals surface area contributed by atoms with Gasteiger partial charge in [0, 0.05) is 16.6 Å². The molecule has 0 bridgehead atoms. The summed E-state index contributed by atoms with van der Waals surface area (Å²) in [6, 6.07) is 5.93. The Morgan fingerprint density at radius 3 is 2.88 bits per heavy atom. The molecule has 1 atom stereocenters. The van der Waals surface area contributed by atoms with E-state index in [0.29, 0.717) is 0 Å². The van der Waals surface area contributed by atoms with Gasteiger partial charge in [-0.1, -0.05) is 15.9 Å². The highest BCUT2D eigenvalue weighted by molar-refractivity contribution is 9.10. The summed E-state index contributed by atoms with van der Waals surface area (Å²) in [6.45, 7) is 3.34. The molecule has 0 saturated carbocycles. The first-order chi connectivity index (χ1) is 7.63. The highest BCUT2D eigenvalue weighted by Crippen LogP contribution is 2.22. The van der Waals surface area contributed by atoms with Gasteiger partial charge in [-0.15, -0.1) is 0 Å². The van der Waals surface area contributed by atoms with E-state index in [2.05, 4.69) is 21.2 Å². The van der Waals surface area contributed by atoms with Gasteiger partial charge >= 0.3 is 0 Å². The van der Waals surface area contributed by atoms with Crippen molar-refractivity contribution in [2.24, 2.45) is 0 Å². The molecule has 0 spiro atoms. The molecule has 0 saturated heterocycles. The molecule has 3 nitrogen and oxygen atoms in total. The van der Waals surface area contributed by atoms with Crippen molar-refractivity contribution in [2.75, 3.05) is 13.7 Å². The second-order valence-corrected chi connectivity index (χ2v) is 4.69. The average molecular weight is 288 g/mol. The number of ether oxygens (including phenoxy) is 1. The topological polar surface area (TPSA) is 41.5 Å². The average Bonchev–Trinajstić information content (AvgIpc) is 2.24. The van der Waals surface area contributed by atoms with Crippen LogP contribution in [0.1, 0.15) is 18.9 Å². The van der Waals surface area contributed by atoms with Gasteiger partial charge in [-0.05, 0) is 38.1 Å². The van der Waals surface area contributed by atoms with E-state index >= 15 is 0 Å². The van der Waals surface area contributed by atoms with Crippen LogP contribution < -0.4 is 10.1 Å². The maximum atomic E-state index is 9.12. The number of aliphatic hydroxyl groups is 1. The Labute approximate surface area is 105 Å². The van der Waals surface area contributed by atoms with Crippen LogP contribution in [-0.2, 0) is 6.54 Å². The molecule has 0 aliphatic carbocycles. The Balaban J connectivity index is 2.48.